The average Bonchev–Trinajstić information content (AvgIpc) is 3.19. The van der Waals surface area contributed by atoms with Gasteiger partial charge in [-0.3, -0.25) is 10.1 Å². The van der Waals surface area contributed by atoms with E-state index in [9.17, 15) is 10.1 Å². The van der Waals surface area contributed by atoms with E-state index in [1.165, 1.54) is 23.0 Å². The minimum Gasteiger partial charge on any atom is -0.457 e. The summed E-state index contributed by atoms with van der Waals surface area (Å²) in [5.74, 6) is 0.812. The van der Waals surface area contributed by atoms with E-state index >= 15 is 0 Å². The molecule has 0 atom stereocenters. The van der Waals surface area contributed by atoms with E-state index in [4.69, 9.17) is 4.74 Å². The van der Waals surface area contributed by atoms with Crippen molar-refractivity contribution in [2.45, 2.75) is 39.5 Å². The number of aryl methyl sites for hydroxylation is 1. The van der Waals surface area contributed by atoms with Gasteiger partial charge in [0.05, 0.1) is 0 Å². The van der Waals surface area contributed by atoms with E-state index in [0.29, 0.717) is 16.4 Å². The zero-order valence-corrected chi connectivity index (χ0v) is 18.8. The molecule has 158 valence electrons. The number of nitrogens with zero attached hydrogens (tertiary/aromatic N) is 3. The van der Waals surface area contributed by atoms with Crippen molar-refractivity contribution < 1.29 is 9.53 Å². The average molecular weight is 433 g/mol. The molecule has 0 radical (unpaired) electrons. The van der Waals surface area contributed by atoms with Crippen molar-refractivity contribution >= 4 is 28.5 Å². The van der Waals surface area contributed by atoms with Crippen LogP contribution in [0.1, 0.15) is 43.8 Å². The van der Waals surface area contributed by atoms with Crippen LogP contribution in [-0.2, 0) is 16.6 Å². The third kappa shape index (κ3) is 6.00. The van der Waals surface area contributed by atoms with Crippen molar-refractivity contribution in [3.63, 3.8) is 0 Å². The second-order valence-corrected chi connectivity index (χ2v) is 8.99. The Morgan fingerprint density at radius 1 is 1.16 bits per heavy atom. The smallest absolute Gasteiger partial charge is 0.268 e. The van der Waals surface area contributed by atoms with Crippen molar-refractivity contribution in [2.75, 3.05) is 5.32 Å². The highest BCUT2D eigenvalue weighted by Gasteiger charge is 2.14. The van der Waals surface area contributed by atoms with E-state index in [1.807, 2.05) is 37.3 Å². The molecule has 7 heteroatoms. The van der Waals surface area contributed by atoms with Crippen LogP contribution in [-0.4, -0.2) is 16.1 Å². The van der Waals surface area contributed by atoms with Gasteiger partial charge in [0.25, 0.3) is 5.91 Å². The second kappa shape index (κ2) is 9.54. The molecule has 0 aliphatic heterocycles. The van der Waals surface area contributed by atoms with Crippen LogP contribution in [0.5, 0.6) is 11.5 Å². The van der Waals surface area contributed by atoms with Crippen molar-refractivity contribution in [3.8, 4) is 17.6 Å². The molecule has 3 aromatic rings. The number of nitrogens with one attached hydrogen (secondary N) is 1. The molecule has 0 fully saturated rings. The van der Waals surface area contributed by atoms with Gasteiger partial charge in [-0.2, -0.15) is 5.26 Å². The van der Waals surface area contributed by atoms with Gasteiger partial charge in [0.2, 0.25) is 5.13 Å². The Balaban J connectivity index is 1.74. The summed E-state index contributed by atoms with van der Waals surface area (Å²) in [5.41, 5.74) is 1.95. The van der Waals surface area contributed by atoms with Gasteiger partial charge in [-0.15, -0.1) is 10.2 Å². The second-order valence-electron chi connectivity index (χ2n) is 7.93. The lowest BCUT2D eigenvalue weighted by Crippen LogP contribution is -2.13. The molecule has 0 aliphatic carbocycles. The number of rotatable bonds is 6. The van der Waals surface area contributed by atoms with Gasteiger partial charge >= 0.3 is 0 Å². The largest absolute Gasteiger partial charge is 0.457 e. The number of amides is 1. The van der Waals surface area contributed by atoms with Crippen LogP contribution in [0.25, 0.3) is 6.08 Å². The number of ether oxygens (including phenoxy) is 1. The monoisotopic (exact) mass is 432 g/mol. The summed E-state index contributed by atoms with van der Waals surface area (Å²) in [6, 6.07) is 17.1. The lowest BCUT2D eigenvalue weighted by molar-refractivity contribution is -0.112. The highest BCUT2D eigenvalue weighted by Crippen LogP contribution is 2.27. The fraction of sp³-hybridized carbons (Fsp3) is 0.250. The minimum atomic E-state index is -0.523. The number of hydrogen-bond acceptors (Lipinski definition) is 6. The molecule has 1 amide bonds. The fourth-order valence-corrected chi connectivity index (χ4v) is 3.43. The first-order valence-electron chi connectivity index (χ1n) is 9.92. The molecule has 0 saturated carbocycles. The van der Waals surface area contributed by atoms with Gasteiger partial charge < -0.3 is 4.74 Å². The van der Waals surface area contributed by atoms with Crippen molar-refractivity contribution in [2.24, 2.45) is 0 Å². The first kappa shape index (κ1) is 22.2. The minimum absolute atomic E-state index is 0.0278. The molecule has 3 rings (SSSR count). The number of aromatic nitrogens is 2. The molecule has 1 N–H and O–H groups in total. The van der Waals surface area contributed by atoms with Gasteiger partial charge in [-0.05, 0) is 53.3 Å². The summed E-state index contributed by atoms with van der Waals surface area (Å²) in [6.45, 7) is 8.45. The highest BCUT2D eigenvalue weighted by molar-refractivity contribution is 7.15. The lowest BCUT2D eigenvalue weighted by atomic mass is 9.87. The van der Waals surface area contributed by atoms with Gasteiger partial charge in [0.1, 0.15) is 28.1 Å². The molecule has 0 spiro atoms. The normalized spacial score (nSPS) is 11.6. The molecule has 1 heterocycles. The van der Waals surface area contributed by atoms with Crippen LogP contribution >= 0.6 is 11.3 Å². The Hall–Kier alpha value is -3.50. The van der Waals surface area contributed by atoms with E-state index in [2.05, 4.69) is 48.4 Å². The van der Waals surface area contributed by atoms with Gasteiger partial charge in [0, 0.05) is 0 Å². The Bertz CT molecular complexity index is 1140. The standard InChI is InChI=1S/C24H24N4O2S/c1-5-21-27-28-23(31-21)26-22(29)17(15-25)13-16-7-6-8-20(14-16)30-19-11-9-18(10-12-19)24(2,3)4/h6-14H,5H2,1-4H3,(H,26,28,29). The molecule has 0 bridgehead atoms. The maximum Gasteiger partial charge on any atom is 0.268 e. The van der Waals surface area contributed by atoms with Crippen molar-refractivity contribution in [3.05, 3.63) is 70.2 Å². The Morgan fingerprint density at radius 3 is 2.52 bits per heavy atom. The third-order valence-electron chi connectivity index (χ3n) is 4.48. The molecule has 1 aromatic heterocycles. The fourth-order valence-electron chi connectivity index (χ4n) is 2.75. The summed E-state index contributed by atoms with van der Waals surface area (Å²) in [7, 11) is 0. The molecule has 2 aromatic carbocycles. The van der Waals surface area contributed by atoms with Crippen LogP contribution in [0.2, 0.25) is 0 Å². The molecule has 6 nitrogen and oxygen atoms in total. The molecule has 0 aliphatic rings. The Labute approximate surface area is 186 Å². The van der Waals surface area contributed by atoms with E-state index in [1.54, 1.807) is 12.1 Å². The quantitative estimate of drug-likeness (QED) is 0.397. The van der Waals surface area contributed by atoms with Crippen LogP contribution in [0.3, 0.4) is 0 Å². The predicted octanol–water partition coefficient (Wildman–Crippen LogP) is 5.74. The van der Waals surface area contributed by atoms with E-state index in [0.717, 1.165) is 17.2 Å². The highest BCUT2D eigenvalue weighted by atomic mass is 32.1. The number of hydrogen-bond donors (Lipinski definition) is 1. The predicted molar refractivity (Wildman–Crippen MR) is 123 cm³/mol. The summed E-state index contributed by atoms with van der Waals surface area (Å²) >= 11 is 1.29. The SMILES string of the molecule is CCc1nnc(NC(=O)C(C#N)=Cc2cccc(Oc3ccc(C(C)(C)C)cc3)c2)s1. The molecule has 31 heavy (non-hydrogen) atoms. The lowest BCUT2D eigenvalue weighted by Gasteiger charge is -2.19. The molecular formula is C24H24N4O2S. The number of nitriles is 1. The zero-order chi connectivity index (χ0) is 22.4. The van der Waals surface area contributed by atoms with E-state index in [-0.39, 0.29) is 11.0 Å². The molecular weight excluding hydrogens is 408 g/mol. The van der Waals surface area contributed by atoms with Crippen molar-refractivity contribution in [1.29, 1.82) is 5.26 Å². The Morgan fingerprint density at radius 2 is 1.90 bits per heavy atom. The maximum atomic E-state index is 12.4. The first-order chi connectivity index (χ1) is 14.8. The number of carbonyl (C=O) groups excluding carboxylic acids is 1. The zero-order valence-electron chi connectivity index (χ0n) is 18.0. The number of carbonyl (C=O) groups is 1. The maximum absolute atomic E-state index is 12.4. The van der Waals surface area contributed by atoms with Crippen LogP contribution in [0.15, 0.2) is 54.1 Å². The molecule has 0 saturated heterocycles. The van der Waals surface area contributed by atoms with Crippen molar-refractivity contribution in [1.82, 2.24) is 10.2 Å². The van der Waals surface area contributed by atoms with E-state index < -0.39 is 5.91 Å². The van der Waals surface area contributed by atoms with Crippen LogP contribution in [0, 0.1) is 11.3 Å². The van der Waals surface area contributed by atoms with Gasteiger partial charge in [-0.1, -0.05) is 63.3 Å². The topological polar surface area (TPSA) is 87.9 Å². The summed E-state index contributed by atoms with van der Waals surface area (Å²) in [4.78, 5) is 12.4. The van der Waals surface area contributed by atoms with Gasteiger partial charge in [0.15, 0.2) is 0 Å². The van der Waals surface area contributed by atoms with Gasteiger partial charge in [-0.25, -0.2) is 0 Å². The number of anilines is 1. The summed E-state index contributed by atoms with van der Waals surface area (Å²) < 4.78 is 5.94. The van der Waals surface area contributed by atoms with Crippen LogP contribution in [0.4, 0.5) is 5.13 Å². The van der Waals surface area contributed by atoms with Crippen LogP contribution < -0.4 is 10.1 Å². The molecule has 0 unspecified atom stereocenters. The first-order valence-corrected chi connectivity index (χ1v) is 10.7. The summed E-state index contributed by atoms with van der Waals surface area (Å²) in [5, 5.41) is 21.1. The summed E-state index contributed by atoms with van der Waals surface area (Å²) in [6.07, 6.45) is 2.26. The Kier molecular flexibility index (Phi) is 6.83. The third-order valence-corrected chi connectivity index (χ3v) is 5.46. The number of benzene rings is 2.